The summed E-state index contributed by atoms with van der Waals surface area (Å²) >= 11 is 0. The maximum absolute atomic E-state index is 12.5. The van der Waals surface area contributed by atoms with E-state index >= 15 is 0 Å². The van der Waals surface area contributed by atoms with Crippen molar-refractivity contribution in [3.05, 3.63) is 23.9 Å². The van der Waals surface area contributed by atoms with Crippen molar-refractivity contribution in [2.24, 2.45) is 3.77 Å². The van der Waals surface area contributed by atoms with Crippen molar-refractivity contribution in [3.8, 4) is 0 Å². The van der Waals surface area contributed by atoms with Crippen LogP contribution in [-0.2, 0) is 23.7 Å². The summed E-state index contributed by atoms with van der Waals surface area (Å²) in [4.78, 5) is 15.3. The topological polar surface area (TPSA) is 103 Å². The molecule has 0 aliphatic carbocycles. The van der Waals surface area contributed by atoms with E-state index in [1.54, 1.807) is 0 Å². The van der Waals surface area contributed by atoms with Crippen molar-refractivity contribution in [1.29, 1.82) is 0 Å². The Morgan fingerprint density at radius 3 is 2.58 bits per heavy atom. The normalized spacial score (nSPS) is 14.5. The molecule has 10 heteroatoms. The molecule has 1 aromatic rings. The van der Waals surface area contributed by atoms with Gasteiger partial charge in [-0.3, -0.25) is 0 Å². The van der Waals surface area contributed by atoms with Crippen molar-refractivity contribution < 1.29 is 22.2 Å². The first-order chi connectivity index (χ1) is 8.73. The highest BCUT2D eigenvalue weighted by Crippen LogP contribution is 2.20. The Hall–Kier alpha value is -1.19. The predicted octanol–water partition coefficient (Wildman–Crippen LogP) is 1.20. The molecule has 106 valence electrons. The fourth-order valence-corrected chi connectivity index (χ4v) is 4.95. The molecular weight excluding hydrogens is 316 g/mol. The monoisotopic (exact) mass is 326 g/mol. The van der Waals surface area contributed by atoms with Gasteiger partial charge in [-0.1, -0.05) is 10.7 Å². The number of carbonyl (C=O) groups is 1. The second-order valence-electron chi connectivity index (χ2n) is 3.26. The van der Waals surface area contributed by atoms with Crippen LogP contribution in [0.25, 0.3) is 0 Å². The van der Waals surface area contributed by atoms with Gasteiger partial charge in [0.25, 0.3) is 0 Å². The summed E-state index contributed by atoms with van der Waals surface area (Å²) in [6.07, 6.45) is 1.27. The van der Waals surface area contributed by atoms with Crippen LogP contribution in [0.15, 0.2) is 27.1 Å². The minimum atomic E-state index is -4.36. The number of methoxy groups -OCH3 is 1. The van der Waals surface area contributed by atoms with Crippen molar-refractivity contribution >= 4 is 35.6 Å². The third-order valence-electron chi connectivity index (χ3n) is 2.08. The summed E-state index contributed by atoms with van der Waals surface area (Å²) < 4.78 is 42.1. The lowest BCUT2D eigenvalue weighted by Crippen LogP contribution is -2.15. The van der Waals surface area contributed by atoms with Crippen molar-refractivity contribution in [3.63, 3.8) is 0 Å². The van der Waals surface area contributed by atoms with Gasteiger partial charge in [0.1, 0.15) is 9.73 Å². The average Bonchev–Trinajstić information content (AvgIpc) is 2.35. The standard InChI is InChI=1S/C9H11ClN2O5S2/c1-3-18(14,12-19(10,15)16)8-7(9(13)17-2)5-4-6-11-8/h4-6H,3H2,1-2H3. The van der Waals surface area contributed by atoms with Crippen LogP contribution in [0.3, 0.4) is 0 Å². The molecule has 1 heterocycles. The van der Waals surface area contributed by atoms with Crippen LogP contribution in [-0.4, -0.2) is 36.4 Å². The lowest BCUT2D eigenvalue weighted by molar-refractivity contribution is 0.0595. The van der Waals surface area contributed by atoms with Crippen molar-refractivity contribution in [2.75, 3.05) is 12.9 Å². The van der Waals surface area contributed by atoms with Crippen LogP contribution >= 0.6 is 10.7 Å². The van der Waals surface area contributed by atoms with E-state index in [9.17, 15) is 17.4 Å². The van der Waals surface area contributed by atoms with E-state index in [4.69, 9.17) is 10.7 Å². The van der Waals surface area contributed by atoms with E-state index in [1.165, 1.54) is 25.3 Å². The number of hydrogen-bond acceptors (Lipinski definition) is 6. The first kappa shape index (κ1) is 15.9. The summed E-state index contributed by atoms with van der Waals surface area (Å²) in [5.74, 6) is -0.952. The number of halogens is 1. The van der Waals surface area contributed by atoms with Crippen LogP contribution in [0.2, 0.25) is 0 Å². The molecule has 0 N–H and O–H groups in total. The minimum Gasteiger partial charge on any atom is -0.465 e. The SMILES string of the molecule is CCS(=O)(=NS(=O)(=O)Cl)c1ncccc1C(=O)OC. The molecule has 1 atom stereocenters. The van der Waals surface area contributed by atoms with Gasteiger partial charge in [-0.2, -0.15) is 8.42 Å². The third-order valence-corrected chi connectivity index (χ3v) is 5.97. The summed E-state index contributed by atoms with van der Waals surface area (Å²) in [6.45, 7) is 1.45. The van der Waals surface area contributed by atoms with Gasteiger partial charge in [0.2, 0.25) is 0 Å². The highest BCUT2D eigenvalue weighted by molar-refractivity contribution is 8.17. The van der Waals surface area contributed by atoms with E-state index in [1.807, 2.05) is 0 Å². The van der Waals surface area contributed by atoms with Gasteiger partial charge in [0.15, 0.2) is 5.03 Å². The van der Waals surface area contributed by atoms with Gasteiger partial charge in [0.05, 0.1) is 12.7 Å². The van der Waals surface area contributed by atoms with E-state index in [2.05, 4.69) is 13.5 Å². The molecule has 1 aromatic heterocycles. The van der Waals surface area contributed by atoms with E-state index in [0.29, 0.717) is 0 Å². The quantitative estimate of drug-likeness (QED) is 0.608. The maximum Gasteiger partial charge on any atom is 0.347 e. The highest BCUT2D eigenvalue weighted by Gasteiger charge is 2.24. The van der Waals surface area contributed by atoms with Crippen LogP contribution in [0, 0.1) is 0 Å². The number of rotatable bonds is 4. The summed E-state index contributed by atoms with van der Waals surface area (Å²) in [7, 11) is -1.68. The Morgan fingerprint density at radius 1 is 1.47 bits per heavy atom. The minimum absolute atomic E-state index is 0.110. The Labute approximate surface area is 115 Å². The smallest absolute Gasteiger partial charge is 0.347 e. The Bertz CT molecular complexity index is 707. The first-order valence-electron chi connectivity index (χ1n) is 4.97. The number of aromatic nitrogens is 1. The Kier molecular flexibility index (Phi) is 4.88. The molecule has 7 nitrogen and oxygen atoms in total. The molecule has 0 radical (unpaired) electrons. The Balaban J connectivity index is 3.66. The second kappa shape index (κ2) is 5.85. The molecule has 19 heavy (non-hydrogen) atoms. The largest absolute Gasteiger partial charge is 0.465 e. The molecule has 0 aliphatic heterocycles. The number of hydrogen-bond donors (Lipinski definition) is 0. The summed E-state index contributed by atoms with van der Waals surface area (Å²) in [5, 5.41) is -0.256. The van der Waals surface area contributed by atoms with Crippen molar-refractivity contribution in [2.45, 2.75) is 11.9 Å². The zero-order valence-corrected chi connectivity index (χ0v) is 12.5. The number of nitrogens with zero attached hydrogens (tertiary/aromatic N) is 2. The van der Waals surface area contributed by atoms with Gasteiger partial charge >= 0.3 is 15.2 Å². The van der Waals surface area contributed by atoms with E-state index in [-0.39, 0.29) is 16.3 Å². The first-order valence-corrected chi connectivity index (χ1v) is 8.92. The third kappa shape index (κ3) is 3.88. The maximum atomic E-state index is 12.5. The molecule has 0 saturated carbocycles. The highest BCUT2D eigenvalue weighted by atomic mass is 35.7. The zero-order chi connectivity index (χ0) is 14.7. The van der Waals surface area contributed by atoms with Gasteiger partial charge in [-0.05, 0) is 12.1 Å². The molecule has 0 aliphatic rings. The molecule has 0 bridgehead atoms. The fourth-order valence-electron chi connectivity index (χ4n) is 1.28. The lowest BCUT2D eigenvalue weighted by Gasteiger charge is -2.09. The lowest BCUT2D eigenvalue weighted by atomic mass is 10.3. The van der Waals surface area contributed by atoms with Gasteiger partial charge in [-0.15, -0.1) is 0 Å². The van der Waals surface area contributed by atoms with Crippen LogP contribution < -0.4 is 0 Å². The zero-order valence-electron chi connectivity index (χ0n) is 10.1. The summed E-state index contributed by atoms with van der Waals surface area (Å²) in [6, 6.07) is 2.75. The number of esters is 1. The molecule has 1 rings (SSSR count). The molecule has 0 amide bonds. The Morgan fingerprint density at radius 2 is 2.11 bits per heavy atom. The summed E-state index contributed by atoms with van der Waals surface area (Å²) in [5.41, 5.74) is -0.110. The van der Waals surface area contributed by atoms with Crippen LogP contribution in [0.4, 0.5) is 0 Å². The average molecular weight is 327 g/mol. The number of carbonyl (C=O) groups excluding carboxylic acids is 1. The number of pyridine rings is 1. The van der Waals surface area contributed by atoms with Gasteiger partial charge < -0.3 is 4.74 Å². The van der Waals surface area contributed by atoms with E-state index in [0.717, 1.165) is 7.11 Å². The van der Waals surface area contributed by atoms with Crippen LogP contribution in [0.5, 0.6) is 0 Å². The predicted molar refractivity (Wildman–Crippen MR) is 69.7 cm³/mol. The second-order valence-corrected chi connectivity index (χ2v) is 8.10. The molecular formula is C9H11ClN2O5S2. The molecule has 1 unspecified atom stereocenters. The molecule has 0 saturated heterocycles. The van der Waals surface area contributed by atoms with Crippen LogP contribution in [0.1, 0.15) is 17.3 Å². The fraction of sp³-hybridized carbons (Fsp3) is 0.333. The van der Waals surface area contributed by atoms with Crippen molar-refractivity contribution in [1.82, 2.24) is 4.98 Å². The molecule has 0 spiro atoms. The van der Waals surface area contributed by atoms with E-state index < -0.39 is 24.9 Å². The van der Waals surface area contributed by atoms with Gasteiger partial charge in [-0.25, -0.2) is 14.0 Å². The molecule has 0 fully saturated rings. The number of ether oxygens (including phenoxy) is 1. The van der Waals surface area contributed by atoms with Gasteiger partial charge in [0, 0.05) is 22.6 Å². The molecule has 0 aromatic carbocycles.